The van der Waals surface area contributed by atoms with Gasteiger partial charge in [-0.2, -0.15) is 0 Å². The Morgan fingerprint density at radius 3 is 2.79 bits per heavy atom. The summed E-state index contributed by atoms with van der Waals surface area (Å²) in [5.41, 5.74) is 6.73. The molecule has 0 saturated carbocycles. The van der Waals surface area contributed by atoms with Gasteiger partial charge in [0, 0.05) is 11.1 Å². The fraction of sp³-hybridized carbons (Fsp3) is 0.250. The molecule has 0 aromatic carbocycles. The van der Waals surface area contributed by atoms with Crippen LogP contribution in [0.25, 0.3) is 10.2 Å². The molecule has 0 amide bonds. The fourth-order valence-electron chi connectivity index (χ4n) is 1.77. The third-order valence-electron chi connectivity index (χ3n) is 2.52. The zero-order valence-corrected chi connectivity index (χ0v) is 11.2. The first-order chi connectivity index (χ1) is 8.95. The van der Waals surface area contributed by atoms with Crippen molar-refractivity contribution in [3.05, 3.63) is 22.2 Å². The number of nitrogens with zero attached hydrogens (tertiary/aromatic N) is 1. The van der Waals surface area contributed by atoms with Crippen LogP contribution in [0.2, 0.25) is 0 Å². The Kier molecular flexibility index (Phi) is 3.39. The maximum Gasteiger partial charge on any atom is 0.348 e. The Labute approximate surface area is 112 Å². The lowest BCUT2D eigenvalue weighted by atomic mass is 10.1. The number of carbonyl (C=O) groups is 2. The van der Waals surface area contributed by atoms with Gasteiger partial charge in [0.05, 0.1) is 17.9 Å². The molecular weight excluding hydrogens is 268 g/mol. The Morgan fingerprint density at radius 1 is 1.53 bits per heavy atom. The van der Waals surface area contributed by atoms with Crippen molar-refractivity contribution in [2.75, 3.05) is 12.3 Å². The van der Waals surface area contributed by atoms with Gasteiger partial charge in [-0.1, -0.05) is 0 Å². The quantitative estimate of drug-likeness (QED) is 0.834. The van der Waals surface area contributed by atoms with Crippen LogP contribution in [-0.4, -0.2) is 28.6 Å². The number of rotatable bonds is 3. The van der Waals surface area contributed by atoms with Crippen LogP contribution in [0.3, 0.4) is 0 Å². The van der Waals surface area contributed by atoms with E-state index < -0.39 is 11.9 Å². The average Bonchev–Trinajstić information content (AvgIpc) is 2.66. The molecule has 19 heavy (non-hydrogen) atoms. The molecule has 0 saturated heterocycles. The zero-order chi connectivity index (χ0) is 14.2. The van der Waals surface area contributed by atoms with E-state index in [9.17, 15) is 9.59 Å². The minimum Gasteiger partial charge on any atom is -0.477 e. The third kappa shape index (κ3) is 2.24. The Bertz CT molecular complexity index is 678. The predicted molar refractivity (Wildman–Crippen MR) is 71.7 cm³/mol. The second-order valence-corrected chi connectivity index (χ2v) is 4.86. The molecule has 2 aromatic rings. The number of hydrogen-bond donors (Lipinski definition) is 2. The number of esters is 1. The van der Waals surface area contributed by atoms with Crippen molar-refractivity contribution < 1.29 is 19.4 Å². The predicted octanol–water partition coefficient (Wildman–Crippen LogP) is 2.06. The van der Waals surface area contributed by atoms with E-state index in [1.54, 1.807) is 19.9 Å². The van der Waals surface area contributed by atoms with Crippen LogP contribution in [0.15, 0.2) is 6.07 Å². The molecule has 100 valence electrons. The van der Waals surface area contributed by atoms with E-state index in [0.717, 1.165) is 11.3 Å². The Morgan fingerprint density at radius 2 is 2.21 bits per heavy atom. The third-order valence-corrected chi connectivity index (χ3v) is 3.60. The second kappa shape index (κ2) is 4.85. The molecule has 0 aliphatic heterocycles. The first-order valence-corrected chi connectivity index (χ1v) is 6.37. The van der Waals surface area contributed by atoms with Crippen LogP contribution < -0.4 is 5.73 Å². The number of aryl methyl sites for hydroxylation is 1. The van der Waals surface area contributed by atoms with E-state index in [2.05, 4.69) is 4.98 Å². The van der Waals surface area contributed by atoms with Gasteiger partial charge in [0.15, 0.2) is 0 Å². The van der Waals surface area contributed by atoms with Crippen LogP contribution in [0.5, 0.6) is 0 Å². The highest BCUT2D eigenvalue weighted by molar-refractivity contribution is 7.21. The largest absolute Gasteiger partial charge is 0.477 e. The van der Waals surface area contributed by atoms with Crippen LogP contribution in [-0.2, 0) is 4.74 Å². The van der Waals surface area contributed by atoms with E-state index in [1.165, 1.54) is 0 Å². The summed E-state index contributed by atoms with van der Waals surface area (Å²) in [6, 6.07) is 1.55. The molecule has 6 nitrogen and oxygen atoms in total. The molecule has 0 fully saturated rings. The van der Waals surface area contributed by atoms with Gasteiger partial charge in [-0.25, -0.2) is 14.6 Å². The maximum atomic E-state index is 11.9. The number of carbonyl (C=O) groups excluding carboxylic acids is 1. The van der Waals surface area contributed by atoms with Gasteiger partial charge < -0.3 is 15.6 Å². The molecular formula is C12H12N2O4S. The number of fused-ring (bicyclic) bond motifs is 1. The van der Waals surface area contributed by atoms with E-state index in [-0.39, 0.29) is 22.7 Å². The molecule has 2 aromatic heterocycles. The minimum absolute atomic E-state index is 0.0151. The number of carboxylic acids is 1. The van der Waals surface area contributed by atoms with Crippen molar-refractivity contribution in [3.63, 3.8) is 0 Å². The molecule has 0 spiro atoms. The number of nitrogens with two attached hydrogens (primary N) is 1. The molecule has 0 bridgehead atoms. The van der Waals surface area contributed by atoms with Crippen LogP contribution in [0.4, 0.5) is 5.69 Å². The van der Waals surface area contributed by atoms with Crippen molar-refractivity contribution in [2.24, 2.45) is 0 Å². The zero-order valence-electron chi connectivity index (χ0n) is 10.4. The monoisotopic (exact) mass is 280 g/mol. The van der Waals surface area contributed by atoms with Gasteiger partial charge >= 0.3 is 11.9 Å². The number of hydrogen-bond acceptors (Lipinski definition) is 6. The summed E-state index contributed by atoms with van der Waals surface area (Å²) in [6.07, 6.45) is 0. The van der Waals surface area contributed by atoms with E-state index in [0.29, 0.717) is 15.9 Å². The number of thiophene rings is 1. The lowest BCUT2D eigenvalue weighted by Gasteiger charge is -2.05. The number of pyridine rings is 1. The van der Waals surface area contributed by atoms with Crippen LogP contribution >= 0.6 is 11.3 Å². The molecule has 2 rings (SSSR count). The van der Waals surface area contributed by atoms with Gasteiger partial charge in [-0.15, -0.1) is 11.3 Å². The van der Waals surface area contributed by atoms with Crippen LogP contribution in [0, 0.1) is 6.92 Å². The van der Waals surface area contributed by atoms with E-state index in [1.807, 2.05) is 0 Å². The van der Waals surface area contributed by atoms with E-state index in [4.69, 9.17) is 15.6 Å². The molecule has 3 N–H and O–H groups in total. The number of ether oxygens (including phenoxy) is 1. The highest BCUT2D eigenvalue weighted by Crippen LogP contribution is 2.35. The lowest BCUT2D eigenvalue weighted by Crippen LogP contribution is -2.07. The van der Waals surface area contributed by atoms with Crippen molar-refractivity contribution >= 4 is 39.2 Å². The number of aromatic carboxylic acids is 1. The summed E-state index contributed by atoms with van der Waals surface area (Å²) in [4.78, 5) is 27.6. The second-order valence-electron chi connectivity index (χ2n) is 3.86. The van der Waals surface area contributed by atoms with Crippen molar-refractivity contribution in [2.45, 2.75) is 13.8 Å². The molecule has 0 atom stereocenters. The Hall–Kier alpha value is -2.15. The normalized spacial score (nSPS) is 10.6. The molecule has 2 heterocycles. The first kappa shape index (κ1) is 13.3. The van der Waals surface area contributed by atoms with Gasteiger partial charge in [0.25, 0.3) is 0 Å². The Balaban J connectivity index is 2.76. The summed E-state index contributed by atoms with van der Waals surface area (Å²) in [5, 5.41) is 9.41. The van der Waals surface area contributed by atoms with Crippen molar-refractivity contribution in [1.82, 2.24) is 4.98 Å². The van der Waals surface area contributed by atoms with Gasteiger partial charge in [-0.05, 0) is 19.9 Å². The standard InChI is InChI=1S/C12H12N2O4S/c1-3-18-12(17)6-4-5(2)14-10-7(6)8(13)9(19-10)11(15)16/h4H,3,13H2,1-2H3,(H,15,16). The lowest BCUT2D eigenvalue weighted by molar-refractivity contribution is 0.0528. The van der Waals surface area contributed by atoms with Gasteiger partial charge in [0.1, 0.15) is 9.71 Å². The summed E-state index contributed by atoms with van der Waals surface area (Å²) in [5.74, 6) is -1.66. The SMILES string of the molecule is CCOC(=O)c1cc(C)nc2sc(C(=O)O)c(N)c12. The molecule has 0 aliphatic carbocycles. The van der Waals surface area contributed by atoms with Gasteiger partial charge in [0.2, 0.25) is 0 Å². The molecule has 7 heteroatoms. The first-order valence-electron chi connectivity index (χ1n) is 5.55. The van der Waals surface area contributed by atoms with Gasteiger partial charge in [-0.3, -0.25) is 0 Å². The number of carboxylic acid groups (broad SMARTS) is 1. The number of nitrogen functional groups attached to an aromatic ring is 1. The number of aromatic nitrogens is 1. The summed E-state index contributed by atoms with van der Waals surface area (Å²) >= 11 is 0.952. The summed E-state index contributed by atoms with van der Waals surface area (Å²) < 4.78 is 4.95. The fourth-order valence-corrected chi connectivity index (χ4v) is 2.78. The van der Waals surface area contributed by atoms with Crippen molar-refractivity contribution in [1.29, 1.82) is 0 Å². The molecule has 0 radical (unpaired) electrons. The molecule has 0 unspecified atom stereocenters. The minimum atomic E-state index is -1.13. The average molecular weight is 280 g/mol. The highest BCUT2D eigenvalue weighted by atomic mass is 32.1. The van der Waals surface area contributed by atoms with Crippen molar-refractivity contribution in [3.8, 4) is 0 Å². The summed E-state index contributed by atoms with van der Waals surface area (Å²) in [7, 11) is 0. The molecule has 0 aliphatic rings. The number of anilines is 1. The van der Waals surface area contributed by atoms with E-state index >= 15 is 0 Å². The highest BCUT2D eigenvalue weighted by Gasteiger charge is 2.22. The van der Waals surface area contributed by atoms with Crippen LogP contribution in [0.1, 0.15) is 32.6 Å². The maximum absolute atomic E-state index is 11.9. The topological polar surface area (TPSA) is 103 Å². The summed E-state index contributed by atoms with van der Waals surface area (Å²) in [6.45, 7) is 3.65. The smallest absolute Gasteiger partial charge is 0.348 e.